The zero-order valence-corrected chi connectivity index (χ0v) is 13.5. The molecule has 0 fully saturated rings. The van der Waals surface area contributed by atoms with Gasteiger partial charge in [-0.3, -0.25) is 4.79 Å². The van der Waals surface area contributed by atoms with Gasteiger partial charge in [-0.2, -0.15) is 10.1 Å². The maximum atomic E-state index is 12.2. The van der Waals surface area contributed by atoms with Crippen LogP contribution in [0.5, 0.6) is 11.5 Å². The number of carbonyl (C=O) groups excluding carboxylic acids is 1. The Hall–Kier alpha value is -2.83. The van der Waals surface area contributed by atoms with E-state index in [1.165, 1.54) is 6.33 Å². The van der Waals surface area contributed by atoms with E-state index >= 15 is 0 Å². The van der Waals surface area contributed by atoms with Gasteiger partial charge in [0.25, 0.3) is 0 Å². The molecule has 0 saturated carbocycles. The van der Waals surface area contributed by atoms with Crippen LogP contribution in [0.2, 0.25) is 0 Å². The number of rotatable bonds is 4. The van der Waals surface area contributed by atoms with Gasteiger partial charge >= 0.3 is 0 Å². The lowest BCUT2D eigenvalue weighted by molar-refractivity contribution is -0.114. The highest BCUT2D eigenvalue weighted by Crippen LogP contribution is 2.40. The lowest BCUT2D eigenvalue weighted by atomic mass is 9.92. The van der Waals surface area contributed by atoms with Crippen LogP contribution >= 0.6 is 0 Å². The number of nitrogens with one attached hydrogen (secondary N) is 1. The minimum Gasteiger partial charge on any atom is -0.497 e. The van der Waals surface area contributed by atoms with Gasteiger partial charge in [0.2, 0.25) is 5.95 Å². The number of hydrogen-bond donors (Lipinski definition) is 1. The van der Waals surface area contributed by atoms with E-state index in [0.29, 0.717) is 23.0 Å². The number of allylic oxidation sites excluding steroid dienone is 2. The van der Waals surface area contributed by atoms with Crippen molar-refractivity contribution in [3.8, 4) is 11.5 Å². The van der Waals surface area contributed by atoms with Gasteiger partial charge in [-0.25, -0.2) is 4.68 Å². The van der Waals surface area contributed by atoms with E-state index in [0.717, 1.165) is 11.3 Å². The second kappa shape index (κ2) is 5.75. The standard InChI is InChI=1S/C16H18N4O3/c1-9-14(10(2)21)15(20-16(19-9)17-8-18-20)12-6-5-11(22-3)7-13(12)23-4/h5-8,15H,1-4H3,(H,17,18,19). The maximum Gasteiger partial charge on any atom is 0.226 e. The summed E-state index contributed by atoms with van der Waals surface area (Å²) in [6.45, 7) is 3.41. The third-order valence-electron chi connectivity index (χ3n) is 3.91. The van der Waals surface area contributed by atoms with Crippen molar-refractivity contribution in [3.05, 3.63) is 41.4 Å². The summed E-state index contributed by atoms with van der Waals surface area (Å²) < 4.78 is 12.4. The summed E-state index contributed by atoms with van der Waals surface area (Å²) in [6.07, 6.45) is 1.46. The zero-order chi connectivity index (χ0) is 16.6. The molecule has 1 unspecified atom stereocenters. The Morgan fingerprint density at radius 2 is 2.09 bits per heavy atom. The summed E-state index contributed by atoms with van der Waals surface area (Å²) in [6, 6.07) is 5.12. The van der Waals surface area contributed by atoms with Gasteiger partial charge in [0.1, 0.15) is 23.9 Å². The van der Waals surface area contributed by atoms with Gasteiger partial charge in [-0.05, 0) is 26.0 Å². The molecule has 1 aliphatic heterocycles. The highest BCUT2D eigenvalue weighted by Gasteiger charge is 2.33. The fraction of sp³-hybridized carbons (Fsp3) is 0.312. The fourth-order valence-electron chi connectivity index (χ4n) is 2.88. The SMILES string of the molecule is COc1ccc(C2C(C(C)=O)=C(C)Nc3ncnn32)c(OC)c1. The molecular formula is C16H18N4O3. The Labute approximate surface area is 133 Å². The lowest BCUT2D eigenvalue weighted by Gasteiger charge is -2.29. The predicted molar refractivity (Wildman–Crippen MR) is 84.7 cm³/mol. The van der Waals surface area contributed by atoms with Crippen molar-refractivity contribution >= 4 is 11.7 Å². The molecule has 1 atom stereocenters. The molecule has 1 aliphatic rings. The van der Waals surface area contributed by atoms with Crippen LogP contribution in [-0.4, -0.2) is 34.8 Å². The molecule has 2 heterocycles. The van der Waals surface area contributed by atoms with Gasteiger partial charge in [-0.15, -0.1) is 0 Å². The molecule has 23 heavy (non-hydrogen) atoms. The largest absolute Gasteiger partial charge is 0.497 e. The van der Waals surface area contributed by atoms with E-state index in [-0.39, 0.29) is 5.78 Å². The highest BCUT2D eigenvalue weighted by molar-refractivity contribution is 5.96. The van der Waals surface area contributed by atoms with E-state index in [1.54, 1.807) is 31.9 Å². The van der Waals surface area contributed by atoms with Crippen LogP contribution in [0.25, 0.3) is 0 Å². The number of methoxy groups -OCH3 is 2. The van der Waals surface area contributed by atoms with Crippen molar-refractivity contribution in [3.63, 3.8) is 0 Å². The highest BCUT2D eigenvalue weighted by atomic mass is 16.5. The Kier molecular flexibility index (Phi) is 3.77. The summed E-state index contributed by atoms with van der Waals surface area (Å²) in [5.74, 6) is 1.88. The number of anilines is 1. The fourth-order valence-corrected chi connectivity index (χ4v) is 2.88. The van der Waals surface area contributed by atoms with Crippen molar-refractivity contribution in [1.82, 2.24) is 14.8 Å². The molecule has 7 nitrogen and oxygen atoms in total. The molecule has 0 spiro atoms. The number of fused-ring (bicyclic) bond motifs is 1. The number of carbonyl (C=O) groups is 1. The molecule has 120 valence electrons. The number of hydrogen-bond acceptors (Lipinski definition) is 6. The molecule has 0 radical (unpaired) electrons. The minimum absolute atomic E-state index is 0.0287. The van der Waals surface area contributed by atoms with E-state index in [9.17, 15) is 4.79 Å². The van der Waals surface area contributed by atoms with E-state index < -0.39 is 6.04 Å². The molecule has 3 rings (SSSR count). The van der Waals surface area contributed by atoms with E-state index in [1.807, 2.05) is 19.1 Å². The molecular weight excluding hydrogens is 296 g/mol. The Bertz CT molecular complexity index is 794. The van der Waals surface area contributed by atoms with Crippen molar-refractivity contribution < 1.29 is 14.3 Å². The van der Waals surface area contributed by atoms with E-state index in [4.69, 9.17) is 9.47 Å². The average molecular weight is 314 g/mol. The molecule has 1 aromatic carbocycles. The number of aromatic nitrogens is 3. The van der Waals surface area contributed by atoms with Gasteiger partial charge in [0.15, 0.2) is 5.78 Å². The first-order valence-electron chi connectivity index (χ1n) is 7.17. The topological polar surface area (TPSA) is 78.3 Å². The first kappa shape index (κ1) is 15.1. The summed E-state index contributed by atoms with van der Waals surface area (Å²) >= 11 is 0. The van der Waals surface area contributed by atoms with Crippen LogP contribution in [0.4, 0.5) is 5.95 Å². The average Bonchev–Trinajstić information content (AvgIpc) is 3.00. The lowest BCUT2D eigenvalue weighted by Crippen LogP contribution is -2.28. The van der Waals surface area contributed by atoms with Crippen molar-refractivity contribution in [2.24, 2.45) is 0 Å². The molecule has 1 aromatic heterocycles. The Balaban J connectivity index is 2.22. The minimum atomic E-state index is -0.396. The molecule has 2 aromatic rings. The van der Waals surface area contributed by atoms with Gasteiger partial charge < -0.3 is 14.8 Å². The van der Waals surface area contributed by atoms with Crippen LogP contribution in [0.1, 0.15) is 25.5 Å². The third-order valence-corrected chi connectivity index (χ3v) is 3.91. The summed E-state index contributed by atoms with van der Waals surface area (Å²) in [5, 5.41) is 7.38. The normalized spacial score (nSPS) is 16.6. The summed E-state index contributed by atoms with van der Waals surface area (Å²) in [7, 11) is 3.19. The van der Waals surface area contributed by atoms with Crippen molar-refractivity contribution in [2.45, 2.75) is 19.9 Å². The number of nitrogens with zero attached hydrogens (tertiary/aromatic N) is 3. The Morgan fingerprint density at radius 1 is 1.30 bits per heavy atom. The van der Waals surface area contributed by atoms with Gasteiger partial charge in [0.05, 0.1) is 14.2 Å². The summed E-state index contributed by atoms with van der Waals surface area (Å²) in [5.41, 5.74) is 2.22. The molecule has 0 aliphatic carbocycles. The number of ether oxygens (including phenoxy) is 2. The smallest absolute Gasteiger partial charge is 0.226 e. The third kappa shape index (κ3) is 2.44. The van der Waals surface area contributed by atoms with Crippen LogP contribution in [-0.2, 0) is 4.79 Å². The second-order valence-corrected chi connectivity index (χ2v) is 5.26. The van der Waals surface area contributed by atoms with E-state index in [2.05, 4.69) is 15.4 Å². The van der Waals surface area contributed by atoms with Crippen LogP contribution in [0.15, 0.2) is 35.8 Å². The second-order valence-electron chi connectivity index (χ2n) is 5.26. The van der Waals surface area contributed by atoms with Crippen LogP contribution in [0, 0.1) is 0 Å². The van der Waals surface area contributed by atoms with Gasteiger partial charge in [0, 0.05) is 22.9 Å². The Morgan fingerprint density at radius 3 is 2.74 bits per heavy atom. The summed E-state index contributed by atoms with van der Waals surface area (Å²) in [4.78, 5) is 16.4. The maximum absolute atomic E-state index is 12.2. The van der Waals surface area contributed by atoms with Crippen molar-refractivity contribution in [1.29, 1.82) is 0 Å². The van der Waals surface area contributed by atoms with Crippen LogP contribution in [0.3, 0.4) is 0 Å². The van der Waals surface area contributed by atoms with Gasteiger partial charge in [-0.1, -0.05) is 0 Å². The number of ketones is 1. The first-order chi connectivity index (χ1) is 11.1. The molecule has 0 bridgehead atoms. The molecule has 0 amide bonds. The number of Topliss-reactive ketones (excluding diaryl/α,β-unsaturated/α-hetero) is 1. The van der Waals surface area contributed by atoms with Crippen molar-refractivity contribution in [2.75, 3.05) is 19.5 Å². The zero-order valence-electron chi connectivity index (χ0n) is 13.5. The number of benzene rings is 1. The van der Waals surface area contributed by atoms with Crippen LogP contribution < -0.4 is 14.8 Å². The predicted octanol–water partition coefficient (Wildman–Crippen LogP) is 2.17. The molecule has 1 N–H and O–H groups in total. The molecule has 7 heteroatoms. The first-order valence-corrected chi connectivity index (χ1v) is 7.17. The monoisotopic (exact) mass is 314 g/mol. The molecule has 0 saturated heterocycles. The quantitative estimate of drug-likeness (QED) is 0.932.